The lowest BCUT2D eigenvalue weighted by Crippen LogP contribution is -2.31. The summed E-state index contributed by atoms with van der Waals surface area (Å²) in [5, 5.41) is 16.9. The van der Waals surface area contributed by atoms with Gasteiger partial charge in [0.2, 0.25) is 0 Å². The molecule has 0 unspecified atom stereocenters. The highest BCUT2D eigenvalue weighted by atomic mass is 16.6. The second-order valence-corrected chi connectivity index (χ2v) is 6.25. The molecule has 0 aliphatic carbocycles. The number of amides is 1. The zero-order valence-corrected chi connectivity index (χ0v) is 15.1. The molecule has 0 radical (unpaired) electrons. The van der Waals surface area contributed by atoms with Crippen molar-refractivity contribution in [1.82, 2.24) is 5.32 Å². The van der Waals surface area contributed by atoms with Crippen molar-refractivity contribution in [2.75, 3.05) is 18.5 Å². The molecule has 8 nitrogen and oxygen atoms in total. The van der Waals surface area contributed by atoms with E-state index in [1.54, 1.807) is 24.3 Å². The zero-order chi connectivity index (χ0) is 19.8. The van der Waals surface area contributed by atoms with Gasteiger partial charge in [-0.05, 0) is 30.2 Å². The third-order valence-corrected chi connectivity index (χ3v) is 3.52. The highest BCUT2D eigenvalue weighted by Crippen LogP contribution is 2.28. The number of benzene rings is 2. The first-order valence-electron chi connectivity index (χ1n) is 8.41. The summed E-state index contributed by atoms with van der Waals surface area (Å²) in [5.41, 5.74) is 0.657. The van der Waals surface area contributed by atoms with Crippen molar-refractivity contribution in [3.63, 3.8) is 0 Å². The number of nitrogens with zero attached hydrogens (tertiary/aromatic N) is 1. The highest BCUT2D eigenvalue weighted by molar-refractivity contribution is 5.93. The number of nitro groups is 1. The maximum atomic E-state index is 12.1. The van der Waals surface area contributed by atoms with E-state index in [0.717, 1.165) is 6.07 Å². The van der Waals surface area contributed by atoms with Crippen LogP contribution in [0, 0.1) is 16.0 Å². The van der Waals surface area contributed by atoms with Crippen molar-refractivity contribution >= 4 is 28.9 Å². The second kappa shape index (κ2) is 9.33. The fraction of sp³-hybridized carbons (Fsp3) is 0.263. The number of carbonyl (C=O) groups is 2. The van der Waals surface area contributed by atoms with Crippen LogP contribution in [0.4, 0.5) is 17.1 Å². The molecule has 1 amide bonds. The summed E-state index contributed by atoms with van der Waals surface area (Å²) in [6, 6.07) is 12.9. The Morgan fingerprint density at radius 1 is 1.15 bits per heavy atom. The number of esters is 1. The third-order valence-electron chi connectivity index (χ3n) is 3.52. The quantitative estimate of drug-likeness (QED) is 0.419. The Hall–Kier alpha value is -3.42. The molecular formula is C19H21N3O5. The van der Waals surface area contributed by atoms with Gasteiger partial charge in [0.25, 0.3) is 11.6 Å². The minimum atomic E-state index is -0.802. The van der Waals surface area contributed by atoms with Crippen LogP contribution in [0.2, 0.25) is 0 Å². The van der Waals surface area contributed by atoms with Crippen molar-refractivity contribution in [2.45, 2.75) is 13.8 Å². The first kappa shape index (κ1) is 19.9. The van der Waals surface area contributed by atoms with Crippen molar-refractivity contribution in [2.24, 2.45) is 5.92 Å². The fourth-order valence-electron chi connectivity index (χ4n) is 2.18. The predicted octanol–water partition coefficient (Wildman–Crippen LogP) is 3.27. The van der Waals surface area contributed by atoms with Crippen LogP contribution in [0.1, 0.15) is 24.2 Å². The van der Waals surface area contributed by atoms with Crippen LogP contribution in [-0.2, 0) is 9.53 Å². The average Bonchev–Trinajstić information content (AvgIpc) is 2.65. The van der Waals surface area contributed by atoms with E-state index in [4.69, 9.17) is 4.74 Å². The Balaban J connectivity index is 2.07. The monoisotopic (exact) mass is 371 g/mol. The van der Waals surface area contributed by atoms with Gasteiger partial charge in [-0.25, -0.2) is 4.79 Å². The van der Waals surface area contributed by atoms with Gasteiger partial charge in [-0.3, -0.25) is 14.9 Å². The SMILES string of the molecule is CC(C)CNC(=O)COC(=O)c1ccc(Nc2ccccc2)c([N+](=O)[O-])c1. The van der Waals surface area contributed by atoms with Gasteiger partial charge in [-0.1, -0.05) is 32.0 Å². The van der Waals surface area contributed by atoms with Gasteiger partial charge in [0.1, 0.15) is 5.69 Å². The van der Waals surface area contributed by atoms with E-state index in [0.29, 0.717) is 12.2 Å². The number of para-hydroxylation sites is 1. The van der Waals surface area contributed by atoms with E-state index in [9.17, 15) is 19.7 Å². The Morgan fingerprint density at radius 2 is 1.85 bits per heavy atom. The molecule has 0 atom stereocenters. The van der Waals surface area contributed by atoms with Crippen molar-refractivity contribution in [3.05, 3.63) is 64.2 Å². The molecule has 2 aromatic rings. The molecule has 0 fully saturated rings. The molecule has 0 aliphatic heterocycles. The first-order valence-corrected chi connectivity index (χ1v) is 8.41. The highest BCUT2D eigenvalue weighted by Gasteiger charge is 2.19. The van der Waals surface area contributed by atoms with Gasteiger partial charge in [-0.15, -0.1) is 0 Å². The summed E-state index contributed by atoms with van der Waals surface area (Å²) < 4.78 is 4.92. The molecule has 2 N–H and O–H groups in total. The number of nitro benzene ring substituents is 1. The largest absolute Gasteiger partial charge is 0.452 e. The topological polar surface area (TPSA) is 111 Å². The lowest BCUT2D eigenvalue weighted by Gasteiger charge is -2.10. The lowest BCUT2D eigenvalue weighted by atomic mass is 10.1. The summed E-state index contributed by atoms with van der Waals surface area (Å²) in [7, 11) is 0. The molecule has 27 heavy (non-hydrogen) atoms. The number of hydrogen-bond donors (Lipinski definition) is 2. The van der Waals surface area contributed by atoms with Gasteiger partial charge < -0.3 is 15.4 Å². The van der Waals surface area contributed by atoms with Crippen molar-refractivity contribution < 1.29 is 19.2 Å². The Labute approximate surface area is 156 Å². The van der Waals surface area contributed by atoms with E-state index >= 15 is 0 Å². The Bertz CT molecular complexity index is 821. The maximum Gasteiger partial charge on any atom is 0.338 e. The van der Waals surface area contributed by atoms with Gasteiger partial charge in [0.15, 0.2) is 6.61 Å². The molecule has 2 rings (SSSR count). The van der Waals surface area contributed by atoms with Crippen LogP contribution in [0.25, 0.3) is 0 Å². The average molecular weight is 371 g/mol. The van der Waals surface area contributed by atoms with Crippen molar-refractivity contribution in [1.29, 1.82) is 0 Å². The summed E-state index contributed by atoms with van der Waals surface area (Å²) in [6.07, 6.45) is 0. The van der Waals surface area contributed by atoms with E-state index in [-0.39, 0.29) is 22.9 Å². The second-order valence-electron chi connectivity index (χ2n) is 6.25. The van der Waals surface area contributed by atoms with Gasteiger partial charge >= 0.3 is 5.97 Å². The maximum absolute atomic E-state index is 12.1. The van der Waals surface area contributed by atoms with Crippen LogP contribution in [0.15, 0.2) is 48.5 Å². The first-order chi connectivity index (χ1) is 12.9. The number of carbonyl (C=O) groups excluding carboxylic acids is 2. The third kappa shape index (κ3) is 6.10. The fourth-order valence-corrected chi connectivity index (χ4v) is 2.18. The van der Waals surface area contributed by atoms with Crippen LogP contribution in [0.3, 0.4) is 0 Å². The molecule has 0 saturated heterocycles. The van der Waals surface area contributed by atoms with Crippen LogP contribution in [-0.4, -0.2) is 30.0 Å². The normalized spacial score (nSPS) is 10.3. The number of ether oxygens (including phenoxy) is 1. The number of nitrogens with one attached hydrogen (secondary N) is 2. The Kier molecular flexibility index (Phi) is 6.87. The van der Waals surface area contributed by atoms with E-state index in [1.807, 2.05) is 19.9 Å². The van der Waals surface area contributed by atoms with Crippen molar-refractivity contribution in [3.8, 4) is 0 Å². The summed E-state index contributed by atoms with van der Waals surface area (Å²) in [4.78, 5) is 34.5. The minimum Gasteiger partial charge on any atom is -0.452 e. The molecule has 0 heterocycles. The van der Waals surface area contributed by atoms with Crippen LogP contribution >= 0.6 is 0 Å². The van der Waals surface area contributed by atoms with Gasteiger partial charge in [0.05, 0.1) is 10.5 Å². The minimum absolute atomic E-state index is 0.00280. The lowest BCUT2D eigenvalue weighted by molar-refractivity contribution is -0.383. The molecule has 0 aliphatic rings. The van der Waals surface area contributed by atoms with E-state index < -0.39 is 23.4 Å². The molecule has 8 heteroatoms. The molecule has 0 aromatic heterocycles. The smallest absolute Gasteiger partial charge is 0.338 e. The van der Waals surface area contributed by atoms with Crippen LogP contribution < -0.4 is 10.6 Å². The molecular weight excluding hydrogens is 350 g/mol. The van der Waals surface area contributed by atoms with Gasteiger partial charge in [-0.2, -0.15) is 0 Å². The van der Waals surface area contributed by atoms with E-state index in [2.05, 4.69) is 10.6 Å². The Morgan fingerprint density at radius 3 is 2.48 bits per heavy atom. The number of rotatable bonds is 8. The zero-order valence-electron chi connectivity index (χ0n) is 15.1. The molecule has 0 saturated carbocycles. The van der Waals surface area contributed by atoms with E-state index in [1.165, 1.54) is 12.1 Å². The molecule has 142 valence electrons. The molecule has 2 aromatic carbocycles. The molecule has 0 spiro atoms. The number of anilines is 2. The summed E-state index contributed by atoms with van der Waals surface area (Å²) in [5.74, 6) is -0.949. The van der Waals surface area contributed by atoms with Gasteiger partial charge in [0, 0.05) is 18.3 Å². The summed E-state index contributed by atoms with van der Waals surface area (Å²) in [6.45, 7) is 3.91. The standard InChI is InChI=1S/C19H21N3O5/c1-13(2)11-20-18(23)12-27-19(24)14-8-9-16(17(10-14)22(25)26)21-15-6-4-3-5-7-15/h3-10,13,21H,11-12H2,1-2H3,(H,20,23). The van der Waals surface area contributed by atoms with Crippen LogP contribution in [0.5, 0.6) is 0 Å². The molecule has 0 bridgehead atoms. The predicted molar refractivity (Wildman–Crippen MR) is 101 cm³/mol. The number of hydrogen-bond acceptors (Lipinski definition) is 6. The summed E-state index contributed by atoms with van der Waals surface area (Å²) >= 11 is 0.